The molecule has 0 fully saturated rings. The van der Waals surface area contributed by atoms with Crippen LogP contribution in [0.25, 0.3) is 33.4 Å². The Kier molecular flexibility index (Phi) is 6.59. The Morgan fingerprint density at radius 3 is 2.43 bits per heavy atom. The van der Waals surface area contributed by atoms with E-state index in [0.29, 0.717) is 36.7 Å². The topological polar surface area (TPSA) is 92.8 Å². The van der Waals surface area contributed by atoms with Gasteiger partial charge in [0.25, 0.3) is 5.91 Å². The fraction of sp³-hybridized carbons (Fsp3) is 0.143. The Hall–Kier alpha value is -4.36. The predicted octanol–water partition coefficient (Wildman–Crippen LogP) is 4.65. The molecular formula is C28H25N5O2. The molecule has 3 aromatic carbocycles. The summed E-state index contributed by atoms with van der Waals surface area (Å²) in [4.78, 5) is 20.6. The molecule has 0 radical (unpaired) electrons. The fourth-order valence-corrected chi connectivity index (χ4v) is 4.02. The van der Waals surface area contributed by atoms with Crippen LogP contribution < -0.4 is 5.32 Å². The molecule has 7 heteroatoms. The Morgan fingerprint density at radius 1 is 0.886 bits per heavy atom. The number of hydrogen-bond donors (Lipinski definition) is 2. The number of nitrogens with one attached hydrogen (secondary N) is 2. The highest BCUT2D eigenvalue weighted by molar-refractivity contribution is 5.94. The van der Waals surface area contributed by atoms with E-state index >= 15 is 0 Å². The predicted molar refractivity (Wildman–Crippen MR) is 136 cm³/mol. The van der Waals surface area contributed by atoms with Gasteiger partial charge in [0, 0.05) is 53.9 Å². The summed E-state index contributed by atoms with van der Waals surface area (Å²) in [7, 11) is 1.60. The SMILES string of the molecule is COCCNC(=O)c1ccc(-c2nnc(Cc3c[nH]c4ccccc34)nc2-c2ccccc2)cc1. The van der Waals surface area contributed by atoms with Crippen LogP contribution in [-0.2, 0) is 11.2 Å². The van der Waals surface area contributed by atoms with Gasteiger partial charge >= 0.3 is 0 Å². The summed E-state index contributed by atoms with van der Waals surface area (Å²) in [6.07, 6.45) is 2.57. The number of rotatable bonds is 8. The maximum absolute atomic E-state index is 12.3. The van der Waals surface area contributed by atoms with Gasteiger partial charge in [-0.2, -0.15) is 0 Å². The van der Waals surface area contributed by atoms with Crippen LogP contribution in [0, 0.1) is 0 Å². The molecule has 0 aliphatic rings. The van der Waals surface area contributed by atoms with Crippen molar-refractivity contribution in [2.75, 3.05) is 20.3 Å². The highest BCUT2D eigenvalue weighted by Crippen LogP contribution is 2.29. The highest BCUT2D eigenvalue weighted by atomic mass is 16.5. The zero-order chi connectivity index (χ0) is 24.0. The van der Waals surface area contributed by atoms with Crippen molar-refractivity contribution in [2.45, 2.75) is 6.42 Å². The van der Waals surface area contributed by atoms with E-state index < -0.39 is 0 Å². The number of benzene rings is 3. The zero-order valence-electron chi connectivity index (χ0n) is 19.4. The van der Waals surface area contributed by atoms with Crippen LogP contribution in [0.1, 0.15) is 21.7 Å². The van der Waals surface area contributed by atoms with Gasteiger partial charge < -0.3 is 15.0 Å². The molecule has 0 bridgehead atoms. The average molecular weight is 464 g/mol. The Labute approximate surface area is 203 Å². The minimum Gasteiger partial charge on any atom is -0.383 e. The molecule has 0 saturated heterocycles. The number of methoxy groups -OCH3 is 1. The lowest BCUT2D eigenvalue weighted by atomic mass is 10.0. The zero-order valence-corrected chi connectivity index (χ0v) is 19.4. The Bertz CT molecular complexity index is 1450. The van der Waals surface area contributed by atoms with Gasteiger partial charge in [0.2, 0.25) is 0 Å². The van der Waals surface area contributed by atoms with E-state index in [-0.39, 0.29) is 5.91 Å². The second kappa shape index (κ2) is 10.3. The minimum absolute atomic E-state index is 0.143. The van der Waals surface area contributed by atoms with Crippen molar-refractivity contribution in [3.05, 3.63) is 102 Å². The third-order valence-electron chi connectivity index (χ3n) is 5.81. The first kappa shape index (κ1) is 22.4. The largest absolute Gasteiger partial charge is 0.383 e. The first-order valence-electron chi connectivity index (χ1n) is 11.4. The summed E-state index contributed by atoms with van der Waals surface area (Å²) in [6.45, 7) is 0.930. The van der Waals surface area contributed by atoms with Gasteiger partial charge in [0.1, 0.15) is 11.4 Å². The normalized spacial score (nSPS) is 11.0. The van der Waals surface area contributed by atoms with Crippen molar-refractivity contribution >= 4 is 16.8 Å². The number of amides is 1. The van der Waals surface area contributed by atoms with Crippen molar-refractivity contribution in [3.8, 4) is 22.5 Å². The molecule has 5 aromatic rings. The second-order valence-electron chi connectivity index (χ2n) is 8.15. The molecule has 0 atom stereocenters. The van der Waals surface area contributed by atoms with Gasteiger partial charge in [-0.25, -0.2) is 4.98 Å². The van der Waals surface area contributed by atoms with Crippen LogP contribution in [0.3, 0.4) is 0 Å². The number of fused-ring (bicyclic) bond motifs is 1. The van der Waals surface area contributed by atoms with Crippen LogP contribution >= 0.6 is 0 Å². The van der Waals surface area contributed by atoms with Crippen molar-refractivity contribution < 1.29 is 9.53 Å². The highest BCUT2D eigenvalue weighted by Gasteiger charge is 2.16. The number of ether oxygens (including phenoxy) is 1. The standard InChI is InChI=1S/C28H25N5O2/c1-35-16-15-29-28(34)21-13-11-20(12-14-21)27-26(19-7-3-2-4-8-19)31-25(32-33-27)17-22-18-30-24-10-6-5-9-23(22)24/h2-14,18,30H,15-17H2,1H3,(H,29,34). The Balaban J connectivity index is 1.47. The molecule has 0 spiro atoms. The molecule has 5 rings (SSSR count). The van der Waals surface area contributed by atoms with Gasteiger partial charge in [0.05, 0.1) is 6.61 Å². The lowest BCUT2D eigenvalue weighted by Gasteiger charge is -2.10. The number of carbonyl (C=O) groups excluding carboxylic acids is 1. The molecule has 7 nitrogen and oxygen atoms in total. The molecule has 2 heterocycles. The number of para-hydroxylation sites is 1. The van der Waals surface area contributed by atoms with E-state index in [1.807, 2.05) is 60.8 Å². The summed E-state index contributed by atoms with van der Waals surface area (Å²) in [5.41, 5.74) is 6.01. The summed E-state index contributed by atoms with van der Waals surface area (Å²) < 4.78 is 4.99. The van der Waals surface area contributed by atoms with E-state index in [4.69, 9.17) is 9.72 Å². The number of H-pyrrole nitrogens is 1. The summed E-state index contributed by atoms with van der Waals surface area (Å²) in [5, 5.41) is 13.0. The average Bonchev–Trinajstić information content (AvgIpc) is 3.32. The smallest absolute Gasteiger partial charge is 0.251 e. The second-order valence-corrected chi connectivity index (χ2v) is 8.15. The van der Waals surface area contributed by atoms with Crippen molar-refractivity contribution in [3.63, 3.8) is 0 Å². The monoisotopic (exact) mass is 463 g/mol. The summed E-state index contributed by atoms with van der Waals surface area (Å²) in [6, 6.07) is 25.5. The third-order valence-corrected chi connectivity index (χ3v) is 5.81. The Morgan fingerprint density at radius 2 is 1.63 bits per heavy atom. The lowest BCUT2D eigenvalue weighted by Crippen LogP contribution is -2.26. The van der Waals surface area contributed by atoms with Crippen LogP contribution in [0.15, 0.2) is 85.1 Å². The van der Waals surface area contributed by atoms with Crippen molar-refractivity contribution in [1.29, 1.82) is 0 Å². The first-order chi connectivity index (χ1) is 17.2. The molecule has 0 saturated carbocycles. The summed E-state index contributed by atoms with van der Waals surface area (Å²) >= 11 is 0. The molecule has 0 aliphatic carbocycles. The lowest BCUT2D eigenvalue weighted by molar-refractivity contribution is 0.0937. The first-order valence-corrected chi connectivity index (χ1v) is 11.4. The van der Waals surface area contributed by atoms with E-state index in [0.717, 1.165) is 33.3 Å². The van der Waals surface area contributed by atoms with E-state index in [1.54, 1.807) is 19.2 Å². The van der Waals surface area contributed by atoms with E-state index in [2.05, 4.69) is 32.6 Å². The maximum Gasteiger partial charge on any atom is 0.251 e. The number of nitrogens with zero attached hydrogens (tertiary/aromatic N) is 3. The van der Waals surface area contributed by atoms with Crippen LogP contribution in [0.4, 0.5) is 0 Å². The molecule has 2 aromatic heterocycles. The minimum atomic E-state index is -0.143. The van der Waals surface area contributed by atoms with Crippen molar-refractivity contribution in [1.82, 2.24) is 25.5 Å². The quantitative estimate of drug-likeness (QED) is 0.327. The third kappa shape index (κ3) is 4.95. The molecule has 2 N–H and O–H groups in total. The van der Waals surface area contributed by atoms with E-state index in [9.17, 15) is 4.79 Å². The molecule has 35 heavy (non-hydrogen) atoms. The maximum atomic E-state index is 12.3. The van der Waals surface area contributed by atoms with Gasteiger partial charge in [-0.15, -0.1) is 10.2 Å². The van der Waals surface area contributed by atoms with Gasteiger partial charge in [-0.05, 0) is 23.8 Å². The van der Waals surface area contributed by atoms with E-state index in [1.165, 1.54) is 0 Å². The fourth-order valence-electron chi connectivity index (χ4n) is 4.02. The molecule has 0 unspecified atom stereocenters. The van der Waals surface area contributed by atoms with Gasteiger partial charge in [-0.3, -0.25) is 4.79 Å². The van der Waals surface area contributed by atoms with Gasteiger partial charge in [-0.1, -0.05) is 60.7 Å². The molecule has 1 amide bonds. The molecule has 174 valence electrons. The number of aromatic nitrogens is 4. The van der Waals surface area contributed by atoms with Crippen LogP contribution in [0.2, 0.25) is 0 Å². The molecular weight excluding hydrogens is 438 g/mol. The summed E-state index contributed by atoms with van der Waals surface area (Å²) in [5.74, 6) is 0.502. The van der Waals surface area contributed by atoms with Crippen LogP contribution in [-0.4, -0.2) is 46.3 Å². The number of carbonyl (C=O) groups is 1. The van der Waals surface area contributed by atoms with Gasteiger partial charge in [0.15, 0.2) is 5.82 Å². The number of hydrogen-bond acceptors (Lipinski definition) is 5. The van der Waals surface area contributed by atoms with Crippen LogP contribution in [0.5, 0.6) is 0 Å². The molecule has 0 aliphatic heterocycles. The van der Waals surface area contributed by atoms with Crippen molar-refractivity contribution in [2.24, 2.45) is 0 Å². The number of aromatic amines is 1.